The second kappa shape index (κ2) is 11.1. The van der Waals surface area contributed by atoms with Crippen LogP contribution in [0.4, 0.5) is 0 Å². The summed E-state index contributed by atoms with van der Waals surface area (Å²) < 4.78 is 2.44. The molecule has 0 atom stereocenters. The standard InChI is InChI=1S/C48H31N/c1-2-14-34(15-3-1)49-47-25-13-12-24-44(47)40-21-9-6-17-36(40)38-19-8-11-23-42(38)46-31-33(27-29-48(46)49)32-26-28-43-39-20-5-4-16-35(39)37-18-7-10-22-41(37)45(43)30-32/h1-31H. The van der Waals surface area contributed by atoms with E-state index in [4.69, 9.17) is 0 Å². The Labute approximate surface area is 284 Å². The third-order valence-electron chi connectivity index (χ3n) is 10.2. The van der Waals surface area contributed by atoms with E-state index in [2.05, 4.69) is 193 Å². The number of aromatic nitrogens is 1. The molecule has 1 aromatic heterocycles. The molecule has 0 fully saturated rings. The lowest BCUT2D eigenvalue weighted by molar-refractivity contribution is 1.17. The Bertz CT molecular complexity index is 2950. The SMILES string of the molecule is c1ccc(-n2c3ccccc3c3ccccc3c3ccccc3c3cc(-c4ccc5c6ccccc6c6ccccc6c5c4)ccc32)cc1. The Balaban J connectivity index is 1.38. The van der Waals surface area contributed by atoms with Crippen LogP contribution < -0.4 is 0 Å². The van der Waals surface area contributed by atoms with Crippen molar-refractivity contribution in [3.8, 4) is 16.8 Å². The van der Waals surface area contributed by atoms with Crippen LogP contribution in [0.15, 0.2) is 188 Å². The minimum atomic E-state index is 1.13. The van der Waals surface area contributed by atoms with Crippen molar-refractivity contribution in [2.45, 2.75) is 0 Å². The van der Waals surface area contributed by atoms with Crippen molar-refractivity contribution in [2.24, 2.45) is 0 Å². The topological polar surface area (TPSA) is 4.93 Å². The fraction of sp³-hybridized carbons (Fsp3) is 0. The molecule has 1 nitrogen and oxygen atoms in total. The maximum Gasteiger partial charge on any atom is 0.0540 e. The lowest BCUT2D eigenvalue weighted by atomic mass is 9.91. The van der Waals surface area contributed by atoms with E-state index in [1.54, 1.807) is 0 Å². The average molecular weight is 622 g/mol. The van der Waals surface area contributed by atoms with Crippen molar-refractivity contribution < 1.29 is 0 Å². The minimum Gasteiger partial charge on any atom is -0.309 e. The van der Waals surface area contributed by atoms with Gasteiger partial charge in [-0.25, -0.2) is 0 Å². The summed E-state index contributed by atoms with van der Waals surface area (Å²) in [6.45, 7) is 0. The van der Waals surface area contributed by atoms with Gasteiger partial charge in [0.25, 0.3) is 0 Å². The first-order valence-electron chi connectivity index (χ1n) is 16.9. The first kappa shape index (κ1) is 27.7. The van der Waals surface area contributed by atoms with Crippen LogP contribution in [0.25, 0.3) is 92.5 Å². The van der Waals surface area contributed by atoms with E-state index in [0.29, 0.717) is 0 Å². The largest absolute Gasteiger partial charge is 0.309 e. The van der Waals surface area contributed by atoms with Crippen molar-refractivity contribution in [3.63, 3.8) is 0 Å². The predicted molar refractivity (Wildman–Crippen MR) is 211 cm³/mol. The van der Waals surface area contributed by atoms with Crippen LogP contribution in [-0.4, -0.2) is 4.57 Å². The van der Waals surface area contributed by atoms with Gasteiger partial charge in [0.05, 0.1) is 11.0 Å². The van der Waals surface area contributed by atoms with Crippen LogP contribution in [0, 0.1) is 0 Å². The molecule has 9 aromatic carbocycles. The van der Waals surface area contributed by atoms with Crippen LogP contribution in [-0.2, 0) is 0 Å². The zero-order valence-electron chi connectivity index (χ0n) is 26.8. The molecule has 0 amide bonds. The summed E-state index contributed by atoms with van der Waals surface area (Å²) >= 11 is 0. The Morgan fingerprint density at radius 1 is 0.224 bits per heavy atom. The molecule has 49 heavy (non-hydrogen) atoms. The molecule has 0 unspecified atom stereocenters. The van der Waals surface area contributed by atoms with Gasteiger partial charge in [0, 0.05) is 16.5 Å². The molecule has 0 radical (unpaired) electrons. The zero-order valence-corrected chi connectivity index (χ0v) is 26.8. The first-order valence-corrected chi connectivity index (χ1v) is 16.9. The number of hydrogen-bond acceptors (Lipinski definition) is 0. The molecule has 228 valence electrons. The number of hydrogen-bond donors (Lipinski definition) is 0. The maximum absolute atomic E-state index is 2.44. The van der Waals surface area contributed by atoms with E-state index in [-0.39, 0.29) is 0 Å². The highest BCUT2D eigenvalue weighted by molar-refractivity contribution is 6.26. The molecule has 0 aliphatic rings. The summed E-state index contributed by atoms with van der Waals surface area (Å²) in [5, 5.41) is 15.1. The molecule has 0 spiro atoms. The Morgan fingerprint density at radius 2 is 0.571 bits per heavy atom. The molecule has 0 saturated carbocycles. The van der Waals surface area contributed by atoms with Gasteiger partial charge in [-0.1, -0.05) is 152 Å². The molecule has 1 heteroatoms. The summed E-state index contributed by atoms with van der Waals surface area (Å²) in [5.41, 5.74) is 5.85. The molecule has 0 aliphatic carbocycles. The predicted octanol–water partition coefficient (Wildman–Crippen LogP) is 13.3. The Hall–Kier alpha value is -6.44. The fourth-order valence-electron chi connectivity index (χ4n) is 8.00. The second-order valence-electron chi connectivity index (χ2n) is 12.9. The van der Waals surface area contributed by atoms with Crippen molar-refractivity contribution in [1.29, 1.82) is 0 Å². The van der Waals surface area contributed by atoms with E-state index in [9.17, 15) is 0 Å². The van der Waals surface area contributed by atoms with E-state index >= 15 is 0 Å². The van der Waals surface area contributed by atoms with Crippen LogP contribution in [0.5, 0.6) is 0 Å². The van der Waals surface area contributed by atoms with Crippen molar-refractivity contribution >= 4 is 75.7 Å². The van der Waals surface area contributed by atoms with E-state index in [1.165, 1.54) is 75.8 Å². The second-order valence-corrected chi connectivity index (χ2v) is 12.9. The van der Waals surface area contributed by atoms with Gasteiger partial charge in [-0.05, 0) is 101 Å². The van der Waals surface area contributed by atoms with Crippen LogP contribution in [0.2, 0.25) is 0 Å². The van der Waals surface area contributed by atoms with Crippen molar-refractivity contribution in [2.75, 3.05) is 0 Å². The van der Waals surface area contributed by atoms with Crippen LogP contribution in [0.3, 0.4) is 0 Å². The molecule has 0 N–H and O–H groups in total. The first-order chi connectivity index (χ1) is 24.3. The summed E-state index contributed by atoms with van der Waals surface area (Å²) in [7, 11) is 0. The average Bonchev–Trinajstić information content (AvgIpc) is 3.22. The van der Waals surface area contributed by atoms with Crippen molar-refractivity contribution in [3.05, 3.63) is 188 Å². The Kier molecular flexibility index (Phi) is 6.25. The highest BCUT2D eigenvalue weighted by atomic mass is 15.0. The molecule has 0 aliphatic heterocycles. The number of benzene rings is 9. The highest BCUT2D eigenvalue weighted by Crippen LogP contribution is 2.39. The monoisotopic (exact) mass is 621 g/mol. The van der Waals surface area contributed by atoms with Gasteiger partial charge in [-0.15, -0.1) is 0 Å². The van der Waals surface area contributed by atoms with E-state index < -0.39 is 0 Å². The molecule has 10 rings (SSSR count). The van der Waals surface area contributed by atoms with Crippen molar-refractivity contribution in [1.82, 2.24) is 4.57 Å². The van der Waals surface area contributed by atoms with Gasteiger partial charge in [-0.2, -0.15) is 0 Å². The summed E-state index contributed by atoms with van der Waals surface area (Å²) in [6.07, 6.45) is 0. The molecule has 1 heterocycles. The lowest BCUT2D eigenvalue weighted by Crippen LogP contribution is -1.97. The normalized spacial score (nSPS) is 11.7. The fourth-order valence-corrected chi connectivity index (χ4v) is 8.00. The molecular weight excluding hydrogens is 591 g/mol. The van der Waals surface area contributed by atoms with E-state index in [1.807, 2.05) is 0 Å². The minimum absolute atomic E-state index is 1.13. The van der Waals surface area contributed by atoms with Gasteiger partial charge in [0.1, 0.15) is 0 Å². The third kappa shape index (κ3) is 4.33. The number of rotatable bonds is 2. The van der Waals surface area contributed by atoms with Crippen LogP contribution in [0.1, 0.15) is 0 Å². The molecule has 0 saturated heterocycles. The zero-order chi connectivity index (χ0) is 32.3. The van der Waals surface area contributed by atoms with Gasteiger partial charge < -0.3 is 4.57 Å². The van der Waals surface area contributed by atoms with Crippen LogP contribution >= 0.6 is 0 Å². The van der Waals surface area contributed by atoms with Gasteiger partial charge in [-0.3, -0.25) is 0 Å². The smallest absolute Gasteiger partial charge is 0.0540 e. The third-order valence-corrected chi connectivity index (χ3v) is 10.2. The van der Waals surface area contributed by atoms with Gasteiger partial charge >= 0.3 is 0 Å². The lowest BCUT2D eigenvalue weighted by Gasteiger charge is -2.15. The molecule has 10 aromatic rings. The number of para-hydroxylation sites is 2. The molecular formula is C48H31N. The Morgan fingerprint density at radius 3 is 1.12 bits per heavy atom. The quantitative estimate of drug-likeness (QED) is 0.169. The summed E-state index contributed by atoms with van der Waals surface area (Å²) in [4.78, 5) is 0. The maximum atomic E-state index is 2.44. The van der Waals surface area contributed by atoms with Gasteiger partial charge in [0.2, 0.25) is 0 Å². The van der Waals surface area contributed by atoms with E-state index in [0.717, 1.165) is 16.7 Å². The number of fused-ring (bicyclic) bond motifs is 13. The van der Waals surface area contributed by atoms with Gasteiger partial charge in [0.15, 0.2) is 0 Å². The highest BCUT2D eigenvalue weighted by Gasteiger charge is 2.13. The summed E-state index contributed by atoms with van der Waals surface area (Å²) in [6, 6.07) is 69.0. The number of nitrogens with zero attached hydrogens (tertiary/aromatic N) is 1. The summed E-state index contributed by atoms with van der Waals surface area (Å²) in [5.74, 6) is 0. The molecule has 0 bridgehead atoms.